The van der Waals surface area contributed by atoms with Crippen molar-refractivity contribution in [2.75, 3.05) is 6.61 Å². The van der Waals surface area contributed by atoms with E-state index in [1.54, 1.807) is 0 Å². The zero-order valence-corrected chi connectivity index (χ0v) is 47.1. The van der Waals surface area contributed by atoms with E-state index in [1.165, 1.54) is 302 Å². The average Bonchev–Trinajstić information content (AvgIpc) is 3.35. The van der Waals surface area contributed by atoms with Crippen LogP contribution >= 0.6 is 0 Å². The second-order valence-corrected chi connectivity index (χ2v) is 22.5. The SMILES string of the molecule is CCCCCCCCCCCCCCCCCCCCCCCCCCCCCCCCCC(O)C(O)C(CO)NC(=O)C(O)CCCCCCCCCCCCCCCCCCCCCCCC. The van der Waals surface area contributed by atoms with Gasteiger partial charge in [-0.15, -0.1) is 0 Å². The third-order valence-electron chi connectivity index (χ3n) is 15.6. The Labute approximate surface area is 432 Å². The maximum Gasteiger partial charge on any atom is 0.249 e. The number of amides is 1. The number of aliphatic hydroxyl groups is 4. The van der Waals surface area contributed by atoms with Crippen molar-refractivity contribution < 1.29 is 25.2 Å². The molecule has 414 valence electrons. The van der Waals surface area contributed by atoms with Gasteiger partial charge in [-0.25, -0.2) is 0 Å². The smallest absolute Gasteiger partial charge is 0.249 e. The van der Waals surface area contributed by atoms with E-state index < -0.39 is 36.9 Å². The van der Waals surface area contributed by atoms with Crippen LogP contribution in [0.3, 0.4) is 0 Å². The number of nitrogens with one attached hydrogen (secondary N) is 1. The normalized spacial score (nSPS) is 13.5. The molecular formula is C63H127NO5. The van der Waals surface area contributed by atoms with Crippen molar-refractivity contribution in [1.29, 1.82) is 0 Å². The zero-order chi connectivity index (χ0) is 50.2. The van der Waals surface area contributed by atoms with E-state index in [1.807, 2.05) is 0 Å². The van der Waals surface area contributed by atoms with Gasteiger partial charge in [-0.2, -0.15) is 0 Å². The molecule has 6 heteroatoms. The molecule has 0 saturated heterocycles. The fourth-order valence-electron chi connectivity index (χ4n) is 10.6. The van der Waals surface area contributed by atoms with E-state index in [-0.39, 0.29) is 0 Å². The van der Waals surface area contributed by atoms with Crippen LogP contribution in [0.25, 0.3) is 0 Å². The van der Waals surface area contributed by atoms with E-state index in [0.29, 0.717) is 12.8 Å². The lowest BCUT2D eigenvalue weighted by atomic mass is 9.99. The Balaban J connectivity index is 3.53. The third kappa shape index (κ3) is 52.0. The molecule has 4 unspecified atom stereocenters. The lowest BCUT2D eigenvalue weighted by Gasteiger charge is -2.27. The first kappa shape index (κ1) is 68.3. The molecule has 0 aliphatic carbocycles. The first-order chi connectivity index (χ1) is 34.0. The average molecular weight is 979 g/mol. The van der Waals surface area contributed by atoms with E-state index in [2.05, 4.69) is 19.2 Å². The molecule has 4 atom stereocenters. The van der Waals surface area contributed by atoms with Crippen LogP contribution in [0.2, 0.25) is 0 Å². The quantitative estimate of drug-likeness (QED) is 0.0390. The van der Waals surface area contributed by atoms with Gasteiger partial charge in [0.1, 0.15) is 12.2 Å². The van der Waals surface area contributed by atoms with E-state index in [9.17, 15) is 25.2 Å². The monoisotopic (exact) mass is 978 g/mol. The minimum atomic E-state index is -1.26. The van der Waals surface area contributed by atoms with Crippen LogP contribution in [-0.4, -0.2) is 57.3 Å². The maximum absolute atomic E-state index is 12.6. The standard InChI is InChI=1S/C63H127NO5/c1-3-5-7-9-11-13-15-17-19-21-23-25-27-28-29-30-31-32-33-34-35-37-38-40-42-44-46-48-50-52-54-56-60(66)62(68)59(58-65)64-63(69)61(67)57-55-53-51-49-47-45-43-41-39-36-26-24-22-20-18-16-14-12-10-8-6-4-2/h59-62,65-68H,3-58H2,1-2H3,(H,64,69). The molecule has 0 spiro atoms. The highest BCUT2D eigenvalue weighted by atomic mass is 16.3. The summed E-state index contributed by atoms with van der Waals surface area (Å²) in [5.41, 5.74) is 0. The number of aliphatic hydroxyl groups excluding tert-OH is 4. The van der Waals surface area contributed by atoms with E-state index in [4.69, 9.17) is 0 Å². The number of rotatable bonds is 60. The second kappa shape index (κ2) is 58.2. The van der Waals surface area contributed by atoms with Gasteiger partial charge >= 0.3 is 0 Å². The van der Waals surface area contributed by atoms with Crippen LogP contribution in [-0.2, 0) is 4.79 Å². The Morgan fingerprint density at radius 1 is 0.304 bits per heavy atom. The molecule has 0 aliphatic heterocycles. The highest BCUT2D eigenvalue weighted by Gasteiger charge is 2.28. The fourth-order valence-corrected chi connectivity index (χ4v) is 10.6. The van der Waals surface area contributed by atoms with Gasteiger partial charge in [-0.05, 0) is 12.8 Å². The molecule has 0 aromatic carbocycles. The van der Waals surface area contributed by atoms with Gasteiger partial charge in [0.15, 0.2) is 0 Å². The summed E-state index contributed by atoms with van der Waals surface area (Å²) < 4.78 is 0. The number of hydrogen-bond donors (Lipinski definition) is 5. The summed E-state index contributed by atoms with van der Waals surface area (Å²) in [5.74, 6) is -0.574. The van der Waals surface area contributed by atoms with Gasteiger partial charge in [0.25, 0.3) is 0 Å². The molecule has 0 bridgehead atoms. The number of carbonyl (C=O) groups excluding carboxylic acids is 1. The summed E-state index contributed by atoms with van der Waals surface area (Å²) in [7, 11) is 0. The maximum atomic E-state index is 12.6. The first-order valence-corrected chi connectivity index (χ1v) is 31.9. The van der Waals surface area contributed by atoms with Crippen LogP contribution in [0, 0.1) is 0 Å². The van der Waals surface area contributed by atoms with Crippen molar-refractivity contribution in [2.24, 2.45) is 0 Å². The highest BCUT2D eigenvalue weighted by molar-refractivity contribution is 5.80. The summed E-state index contributed by atoms with van der Waals surface area (Å²) in [6, 6.07) is -0.981. The van der Waals surface area contributed by atoms with Crippen LogP contribution < -0.4 is 5.32 Å². The van der Waals surface area contributed by atoms with Gasteiger partial charge in [0.05, 0.1) is 18.8 Å². The van der Waals surface area contributed by atoms with Crippen LogP contribution in [0.5, 0.6) is 0 Å². The number of unbranched alkanes of at least 4 members (excludes halogenated alkanes) is 51. The summed E-state index contributed by atoms with van der Waals surface area (Å²) in [6.45, 7) is 4.11. The van der Waals surface area contributed by atoms with Gasteiger partial charge in [-0.1, -0.05) is 354 Å². The first-order valence-electron chi connectivity index (χ1n) is 31.9. The topological polar surface area (TPSA) is 110 Å². The molecule has 0 fully saturated rings. The second-order valence-electron chi connectivity index (χ2n) is 22.5. The fraction of sp³-hybridized carbons (Fsp3) is 0.984. The Bertz CT molecular complexity index is 964. The minimum absolute atomic E-state index is 0.376. The van der Waals surface area contributed by atoms with Crippen molar-refractivity contribution >= 4 is 5.91 Å². The van der Waals surface area contributed by atoms with Gasteiger partial charge in [-0.3, -0.25) is 4.79 Å². The molecular weight excluding hydrogens is 851 g/mol. The molecule has 0 saturated carbocycles. The van der Waals surface area contributed by atoms with Crippen molar-refractivity contribution in [1.82, 2.24) is 5.32 Å². The van der Waals surface area contributed by atoms with Crippen molar-refractivity contribution in [3.63, 3.8) is 0 Å². The van der Waals surface area contributed by atoms with E-state index in [0.717, 1.165) is 38.5 Å². The van der Waals surface area contributed by atoms with Crippen molar-refractivity contribution in [3.8, 4) is 0 Å². The Morgan fingerprint density at radius 2 is 0.493 bits per heavy atom. The number of hydrogen-bond acceptors (Lipinski definition) is 5. The molecule has 0 heterocycles. The van der Waals surface area contributed by atoms with E-state index >= 15 is 0 Å². The molecule has 6 nitrogen and oxygen atoms in total. The van der Waals surface area contributed by atoms with Gasteiger partial charge in [0, 0.05) is 0 Å². The Hall–Kier alpha value is -0.690. The lowest BCUT2D eigenvalue weighted by Crippen LogP contribution is -2.53. The zero-order valence-electron chi connectivity index (χ0n) is 47.1. The predicted octanol–water partition coefficient (Wildman–Crippen LogP) is 19.0. The molecule has 69 heavy (non-hydrogen) atoms. The third-order valence-corrected chi connectivity index (χ3v) is 15.6. The minimum Gasteiger partial charge on any atom is -0.394 e. The Morgan fingerprint density at radius 3 is 0.696 bits per heavy atom. The largest absolute Gasteiger partial charge is 0.394 e. The molecule has 5 N–H and O–H groups in total. The molecule has 0 aromatic heterocycles. The molecule has 1 amide bonds. The van der Waals surface area contributed by atoms with Crippen LogP contribution in [0.15, 0.2) is 0 Å². The van der Waals surface area contributed by atoms with Gasteiger partial charge in [0.2, 0.25) is 5.91 Å². The summed E-state index contributed by atoms with van der Waals surface area (Å²) in [6.07, 6.45) is 69.2. The molecule has 0 aromatic rings. The van der Waals surface area contributed by atoms with Gasteiger partial charge < -0.3 is 25.7 Å². The molecule has 0 radical (unpaired) electrons. The summed E-state index contributed by atoms with van der Waals surface area (Å²) in [4.78, 5) is 12.6. The summed E-state index contributed by atoms with van der Waals surface area (Å²) >= 11 is 0. The number of carbonyl (C=O) groups is 1. The summed E-state index contributed by atoms with van der Waals surface area (Å²) in [5, 5.41) is 44.2. The van der Waals surface area contributed by atoms with Crippen LogP contribution in [0.1, 0.15) is 367 Å². The predicted molar refractivity (Wildman–Crippen MR) is 302 cm³/mol. The van der Waals surface area contributed by atoms with Crippen LogP contribution in [0.4, 0.5) is 0 Å². The van der Waals surface area contributed by atoms with Crippen molar-refractivity contribution in [3.05, 3.63) is 0 Å². The lowest BCUT2D eigenvalue weighted by molar-refractivity contribution is -0.132. The van der Waals surface area contributed by atoms with Crippen molar-refractivity contribution in [2.45, 2.75) is 391 Å². The molecule has 0 aliphatic rings. The Kier molecular flexibility index (Phi) is 57.6. The highest BCUT2D eigenvalue weighted by Crippen LogP contribution is 2.20. The molecule has 0 rings (SSSR count).